The van der Waals surface area contributed by atoms with E-state index < -0.39 is 6.04 Å². The van der Waals surface area contributed by atoms with Gasteiger partial charge in [-0.05, 0) is 86.6 Å². The zero-order chi connectivity index (χ0) is 31.5. The minimum Gasteiger partial charge on any atom is -0.494 e. The van der Waals surface area contributed by atoms with Gasteiger partial charge in [0.25, 0.3) is 11.8 Å². The molecule has 4 rings (SSSR count). The van der Waals surface area contributed by atoms with E-state index in [9.17, 15) is 14.4 Å². The molecule has 2 N–H and O–H groups in total. The summed E-state index contributed by atoms with van der Waals surface area (Å²) in [5.41, 5.74) is 4.16. The van der Waals surface area contributed by atoms with E-state index in [1.165, 1.54) is 0 Å². The summed E-state index contributed by atoms with van der Waals surface area (Å²) >= 11 is 1.61. The average molecular weight is 623 g/mol. The van der Waals surface area contributed by atoms with Crippen LogP contribution in [-0.4, -0.2) is 82.0 Å². The molecule has 1 atom stereocenters. The second-order valence-electron chi connectivity index (χ2n) is 11.0. The number of benzene rings is 2. The van der Waals surface area contributed by atoms with Crippen LogP contribution in [0.4, 0.5) is 0 Å². The Balaban J connectivity index is 1.49. The number of aromatic nitrogens is 3. The molecule has 0 unspecified atom stereocenters. The van der Waals surface area contributed by atoms with Crippen LogP contribution in [0.3, 0.4) is 0 Å². The van der Waals surface area contributed by atoms with Crippen LogP contribution < -0.4 is 20.1 Å². The molecule has 44 heavy (non-hydrogen) atoms. The van der Waals surface area contributed by atoms with Crippen molar-refractivity contribution in [2.24, 2.45) is 0 Å². The summed E-state index contributed by atoms with van der Waals surface area (Å²) in [5.74, 6) is 1.15. The highest BCUT2D eigenvalue weighted by molar-refractivity contribution is 7.98. The van der Waals surface area contributed by atoms with Crippen LogP contribution in [-0.2, 0) is 22.7 Å². The van der Waals surface area contributed by atoms with E-state index in [0.717, 1.165) is 16.7 Å². The monoisotopic (exact) mass is 622 g/mol. The zero-order valence-corrected chi connectivity index (χ0v) is 26.7. The van der Waals surface area contributed by atoms with Crippen molar-refractivity contribution < 1.29 is 23.9 Å². The molecule has 236 valence electrons. The van der Waals surface area contributed by atoms with Gasteiger partial charge in [-0.25, -0.2) is 0 Å². The van der Waals surface area contributed by atoms with Gasteiger partial charge in [0.2, 0.25) is 5.91 Å². The summed E-state index contributed by atoms with van der Waals surface area (Å²) in [6.45, 7) is 7.74. The number of carbonyl (C=O) groups excluding carboxylic acids is 3. The lowest BCUT2D eigenvalue weighted by Crippen LogP contribution is -2.47. The smallest absolute Gasteiger partial charge is 0.260 e. The van der Waals surface area contributed by atoms with Gasteiger partial charge in [0.1, 0.15) is 23.2 Å². The summed E-state index contributed by atoms with van der Waals surface area (Å²) in [7, 11) is 0. The summed E-state index contributed by atoms with van der Waals surface area (Å²) < 4.78 is 13.5. The summed E-state index contributed by atoms with van der Waals surface area (Å²) in [5, 5.41) is 14.4. The third kappa shape index (κ3) is 9.47. The van der Waals surface area contributed by atoms with E-state index in [1.54, 1.807) is 27.4 Å². The quantitative estimate of drug-likeness (QED) is 0.428. The molecule has 12 heteroatoms. The number of carbonyl (C=O) groups is 3. The second-order valence-corrected chi connectivity index (χ2v) is 11.9. The van der Waals surface area contributed by atoms with Crippen molar-refractivity contribution >= 4 is 29.5 Å². The minimum atomic E-state index is -0.691. The van der Waals surface area contributed by atoms with Crippen LogP contribution in [0.2, 0.25) is 0 Å². The molecule has 0 saturated carbocycles. The number of ether oxygens (including phenoxy) is 2. The molecule has 2 heterocycles. The Kier molecular flexibility index (Phi) is 12.0. The highest BCUT2D eigenvalue weighted by Crippen LogP contribution is 2.19. The van der Waals surface area contributed by atoms with E-state index in [0.29, 0.717) is 74.0 Å². The molecule has 1 aliphatic rings. The Hall–Kier alpha value is -4.06. The third-order valence-corrected chi connectivity index (χ3v) is 8.17. The summed E-state index contributed by atoms with van der Waals surface area (Å²) in [6.07, 6.45) is 5.46. The average Bonchev–Trinajstić information content (AvgIpc) is 3.46. The maximum Gasteiger partial charge on any atom is 0.260 e. The molecule has 0 spiro atoms. The lowest BCUT2D eigenvalue weighted by Gasteiger charge is -2.23. The molecule has 1 aromatic heterocycles. The Bertz CT molecular complexity index is 1440. The number of rotatable bonds is 6. The Morgan fingerprint density at radius 3 is 2.68 bits per heavy atom. The molecule has 1 aliphatic heterocycles. The van der Waals surface area contributed by atoms with E-state index >= 15 is 0 Å². The van der Waals surface area contributed by atoms with E-state index in [1.807, 2.05) is 63.6 Å². The highest BCUT2D eigenvalue weighted by Gasteiger charge is 2.23. The number of amides is 3. The van der Waals surface area contributed by atoms with E-state index in [4.69, 9.17) is 9.47 Å². The van der Waals surface area contributed by atoms with Gasteiger partial charge in [-0.2, -0.15) is 11.8 Å². The van der Waals surface area contributed by atoms with Gasteiger partial charge < -0.3 is 25.0 Å². The van der Waals surface area contributed by atoms with E-state index in [2.05, 4.69) is 20.9 Å². The lowest BCUT2D eigenvalue weighted by atomic mass is 10.1. The van der Waals surface area contributed by atoms with Crippen LogP contribution in [0.15, 0.2) is 42.6 Å². The van der Waals surface area contributed by atoms with Crippen molar-refractivity contribution in [1.82, 2.24) is 30.5 Å². The van der Waals surface area contributed by atoms with Gasteiger partial charge in [0.05, 0.1) is 19.3 Å². The van der Waals surface area contributed by atoms with Crippen LogP contribution in [0, 0.1) is 20.8 Å². The number of hydrogen-bond acceptors (Lipinski definition) is 8. The zero-order valence-electron chi connectivity index (χ0n) is 25.9. The van der Waals surface area contributed by atoms with Crippen LogP contribution >= 0.6 is 11.8 Å². The predicted molar refractivity (Wildman–Crippen MR) is 170 cm³/mol. The topological polar surface area (TPSA) is 128 Å². The van der Waals surface area contributed by atoms with Gasteiger partial charge in [-0.1, -0.05) is 17.3 Å². The maximum atomic E-state index is 13.3. The molecule has 0 saturated heterocycles. The molecular weight excluding hydrogens is 580 g/mol. The Labute approximate surface area is 263 Å². The standard InChI is InChI=1S/C32H42N6O5S/c1-22-7-9-26(17-24(22)3)43-21-30(39)37-13-5-12-33-32(41)29(11-16-44-4)34-31(40)28-18-27(10-8-23(28)2)42-15-6-14-38-20-25(19-37)35-36-38/h7-10,17-18,20,29H,5-6,11-16,19,21H2,1-4H3,(H,33,41)(H,34,40)/t29-/m0/s1. The fourth-order valence-corrected chi connectivity index (χ4v) is 5.22. The molecule has 3 amide bonds. The lowest BCUT2D eigenvalue weighted by molar-refractivity contribution is -0.134. The predicted octanol–water partition coefficient (Wildman–Crippen LogP) is 3.45. The van der Waals surface area contributed by atoms with Crippen molar-refractivity contribution in [1.29, 1.82) is 0 Å². The molecule has 0 fully saturated rings. The fraction of sp³-hybridized carbons (Fsp3) is 0.469. The van der Waals surface area contributed by atoms with Crippen molar-refractivity contribution in [3.05, 3.63) is 70.5 Å². The number of hydrogen-bond donors (Lipinski definition) is 2. The minimum absolute atomic E-state index is 0.122. The van der Waals surface area contributed by atoms with Gasteiger partial charge in [-0.15, -0.1) is 5.10 Å². The first-order valence-electron chi connectivity index (χ1n) is 14.9. The number of thioether (sulfide) groups is 1. The van der Waals surface area contributed by atoms with Crippen molar-refractivity contribution in [2.45, 2.75) is 59.2 Å². The molecule has 0 radical (unpaired) electrons. The molecule has 0 aliphatic carbocycles. The first kappa shape index (κ1) is 32.8. The summed E-state index contributed by atoms with van der Waals surface area (Å²) in [4.78, 5) is 41.4. The van der Waals surface area contributed by atoms with Crippen molar-refractivity contribution in [3.63, 3.8) is 0 Å². The Morgan fingerprint density at radius 2 is 1.89 bits per heavy atom. The number of nitrogens with zero attached hydrogens (tertiary/aromatic N) is 4. The van der Waals surface area contributed by atoms with Gasteiger partial charge in [0.15, 0.2) is 6.61 Å². The SMILES string of the molecule is CSCC[C@@H]1NC(=O)c2cc(ccc2C)OCCCn2cc(nn2)CN(C(=O)COc2ccc(C)c(C)c2)CCCNC1=O. The first-order valence-corrected chi connectivity index (χ1v) is 16.3. The first-order chi connectivity index (χ1) is 21.2. The largest absolute Gasteiger partial charge is 0.494 e. The van der Waals surface area contributed by atoms with Crippen molar-refractivity contribution in [2.75, 3.05) is 38.3 Å². The van der Waals surface area contributed by atoms with Gasteiger partial charge >= 0.3 is 0 Å². The van der Waals surface area contributed by atoms with Crippen LogP contribution in [0.25, 0.3) is 0 Å². The number of aryl methyl sites for hydroxylation is 4. The molecular formula is C32H42N6O5S. The second kappa shape index (κ2) is 16.1. The number of nitrogens with one attached hydrogen (secondary N) is 2. The normalized spacial score (nSPS) is 16.8. The van der Waals surface area contributed by atoms with Gasteiger partial charge in [-0.3, -0.25) is 19.1 Å². The highest BCUT2D eigenvalue weighted by atomic mass is 32.2. The molecule has 11 nitrogen and oxygen atoms in total. The molecule has 4 bridgehead atoms. The van der Waals surface area contributed by atoms with E-state index in [-0.39, 0.29) is 30.9 Å². The molecule has 3 aromatic rings. The van der Waals surface area contributed by atoms with Crippen molar-refractivity contribution in [3.8, 4) is 11.5 Å². The third-order valence-electron chi connectivity index (χ3n) is 7.52. The number of fused-ring (bicyclic) bond motifs is 4. The van der Waals surface area contributed by atoms with Crippen LogP contribution in [0.1, 0.15) is 52.0 Å². The van der Waals surface area contributed by atoms with Gasteiger partial charge in [0, 0.05) is 31.6 Å². The Morgan fingerprint density at radius 1 is 1.07 bits per heavy atom. The maximum absolute atomic E-state index is 13.3. The fourth-order valence-electron chi connectivity index (χ4n) is 4.75. The molecule has 2 aromatic carbocycles. The summed E-state index contributed by atoms with van der Waals surface area (Å²) in [6, 6.07) is 10.4. The van der Waals surface area contributed by atoms with Crippen LogP contribution in [0.5, 0.6) is 11.5 Å².